The molecule has 0 bridgehead atoms. The van der Waals surface area contributed by atoms with Crippen LogP contribution in [0.15, 0.2) is 83.9 Å². The van der Waals surface area contributed by atoms with E-state index in [4.69, 9.17) is 0 Å². The Morgan fingerprint density at radius 2 is 0.833 bits per heavy atom. The average molecular weight is 509 g/mol. The lowest BCUT2D eigenvalue weighted by Gasteiger charge is -2.18. The van der Waals surface area contributed by atoms with Crippen LogP contribution in [0.4, 0.5) is 0 Å². The second-order valence-corrected chi connectivity index (χ2v) is 11.4. The molecule has 36 heavy (non-hydrogen) atoms. The Labute approximate surface area is 218 Å². The largest absolute Gasteiger partial charge is 0.309 e. The van der Waals surface area contributed by atoms with Gasteiger partial charge < -0.3 is 9.80 Å². The molecule has 2 aromatic carbocycles. The van der Waals surface area contributed by atoms with E-state index in [0.717, 1.165) is 30.6 Å². The summed E-state index contributed by atoms with van der Waals surface area (Å²) >= 11 is 3.21. The molecular formula is C30H24N2O2S2. The van der Waals surface area contributed by atoms with Crippen molar-refractivity contribution in [1.29, 1.82) is 0 Å². The Balaban J connectivity index is 1.45. The SMILES string of the molecule is Cc1ccc(-c2ccc(C3=C4C(=O)N(C)C(c5ccc(-c6ccc(C)cc6)s5)=C4C(=O)N3C)s2)cc1. The van der Waals surface area contributed by atoms with E-state index in [1.54, 1.807) is 46.6 Å². The molecule has 0 unspecified atom stereocenters. The number of aryl methyl sites for hydroxylation is 2. The average Bonchev–Trinajstić information content (AvgIpc) is 3.64. The molecule has 0 spiro atoms. The van der Waals surface area contributed by atoms with E-state index in [-0.39, 0.29) is 11.8 Å². The van der Waals surface area contributed by atoms with E-state index in [0.29, 0.717) is 22.5 Å². The molecule has 2 aromatic heterocycles. The van der Waals surface area contributed by atoms with Crippen molar-refractivity contribution in [2.24, 2.45) is 0 Å². The summed E-state index contributed by atoms with van der Waals surface area (Å²) in [7, 11) is 3.52. The molecule has 2 aliphatic rings. The molecule has 6 heteroatoms. The first-order valence-corrected chi connectivity index (χ1v) is 13.4. The fourth-order valence-corrected chi connectivity index (χ4v) is 6.98. The molecule has 4 heterocycles. The Morgan fingerprint density at radius 1 is 0.500 bits per heavy atom. The van der Waals surface area contributed by atoms with Gasteiger partial charge in [-0.05, 0) is 49.2 Å². The van der Waals surface area contributed by atoms with E-state index in [1.807, 2.05) is 12.1 Å². The normalized spacial score (nSPS) is 15.6. The van der Waals surface area contributed by atoms with E-state index in [2.05, 4.69) is 74.5 Å². The van der Waals surface area contributed by atoms with Crippen LogP contribution in [0.25, 0.3) is 32.3 Å². The maximum atomic E-state index is 13.5. The summed E-state index contributed by atoms with van der Waals surface area (Å²) in [6.07, 6.45) is 0. The summed E-state index contributed by atoms with van der Waals surface area (Å²) in [5.74, 6) is -0.272. The third kappa shape index (κ3) is 3.48. The standard InChI is InChI=1S/C30H24N2O2S2/c1-17-5-9-19(10-6-17)21-13-15-23(35-21)27-25-26(30(34)31(27)3)28(32(4)29(25)33)24-16-14-22(36-24)20-11-7-18(2)8-12-20/h5-16H,1-4H3. The molecule has 0 N–H and O–H groups in total. The summed E-state index contributed by atoms with van der Waals surface area (Å²) < 4.78 is 0. The van der Waals surface area contributed by atoms with Crippen LogP contribution in [0.2, 0.25) is 0 Å². The molecule has 4 aromatic rings. The lowest BCUT2D eigenvalue weighted by Crippen LogP contribution is -2.24. The van der Waals surface area contributed by atoms with Gasteiger partial charge in [-0.1, -0.05) is 59.7 Å². The van der Waals surface area contributed by atoms with Gasteiger partial charge in [0.15, 0.2) is 0 Å². The van der Waals surface area contributed by atoms with Gasteiger partial charge in [0.25, 0.3) is 11.8 Å². The molecule has 2 aliphatic heterocycles. The number of hydrogen-bond acceptors (Lipinski definition) is 4. The number of carbonyl (C=O) groups excluding carboxylic acids is 2. The Hall–Kier alpha value is -3.74. The predicted octanol–water partition coefficient (Wildman–Crippen LogP) is 6.83. The molecule has 6 rings (SSSR count). The van der Waals surface area contributed by atoms with E-state index >= 15 is 0 Å². The molecule has 0 atom stereocenters. The van der Waals surface area contributed by atoms with Crippen molar-refractivity contribution in [2.45, 2.75) is 13.8 Å². The topological polar surface area (TPSA) is 40.6 Å². The molecule has 0 radical (unpaired) electrons. The van der Waals surface area contributed by atoms with Gasteiger partial charge in [-0.2, -0.15) is 0 Å². The van der Waals surface area contributed by atoms with Crippen molar-refractivity contribution in [3.8, 4) is 20.9 Å². The lowest BCUT2D eigenvalue weighted by atomic mass is 10.1. The highest BCUT2D eigenvalue weighted by atomic mass is 32.1. The Bertz CT molecular complexity index is 1480. The maximum absolute atomic E-state index is 13.5. The van der Waals surface area contributed by atoms with Crippen LogP contribution in [0.5, 0.6) is 0 Å². The van der Waals surface area contributed by atoms with Crippen LogP contribution >= 0.6 is 22.7 Å². The number of likely N-dealkylation sites (N-methyl/N-ethyl adjacent to an activating group) is 2. The number of hydrogen-bond donors (Lipinski definition) is 0. The first-order chi connectivity index (χ1) is 17.3. The van der Waals surface area contributed by atoms with Gasteiger partial charge in [-0.3, -0.25) is 9.59 Å². The molecule has 4 nitrogen and oxygen atoms in total. The van der Waals surface area contributed by atoms with Crippen LogP contribution in [0.1, 0.15) is 20.9 Å². The van der Waals surface area contributed by atoms with Crippen LogP contribution in [0, 0.1) is 13.8 Å². The third-order valence-corrected chi connectivity index (χ3v) is 9.06. The van der Waals surface area contributed by atoms with Gasteiger partial charge in [0.2, 0.25) is 0 Å². The summed E-state index contributed by atoms with van der Waals surface area (Å²) in [4.78, 5) is 34.4. The molecule has 0 aliphatic carbocycles. The highest BCUT2D eigenvalue weighted by Crippen LogP contribution is 2.48. The zero-order valence-electron chi connectivity index (χ0n) is 20.5. The first-order valence-electron chi connectivity index (χ1n) is 11.7. The number of amides is 2. The molecule has 0 fully saturated rings. The zero-order chi connectivity index (χ0) is 25.1. The van der Waals surface area contributed by atoms with Gasteiger partial charge in [0, 0.05) is 23.8 Å². The van der Waals surface area contributed by atoms with E-state index in [9.17, 15) is 9.59 Å². The molecule has 0 saturated carbocycles. The van der Waals surface area contributed by atoms with Gasteiger partial charge in [-0.25, -0.2) is 0 Å². The number of carbonyl (C=O) groups is 2. The van der Waals surface area contributed by atoms with Crippen molar-refractivity contribution in [3.05, 3.63) is 105 Å². The molecule has 178 valence electrons. The van der Waals surface area contributed by atoms with Gasteiger partial charge in [-0.15, -0.1) is 22.7 Å². The second kappa shape index (κ2) is 8.43. The van der Waals surface area contributed by atoms with Crippen molar-refractivity contribution >= 4 is 45.9 Å². The summed E-state index contributed by atoms with van der Waals surface area (Å²) in [6, 6.07) is 24.9. The fraction of sp³-hybridized carbons (Fsp3) is 0.133. The second-order valence-electron chi connectivity index (χ2n) is 9.24. The van der Waals surface area contributed by atoms with Crippen LogP contribution < -0.4 is 0 Å². The summed E-state index contributed by atoms with van der Waals surface area (Å²) in [6.45, 7) is 4.14. The predicted molar refractivity (Wildman–Crippen MR) is 148 cm³/mol. The Kier molecular flexibility index (Phi) is 5.32. The van der Waals surface area contributed by atoms with Crippen molar-refractivity contribution in [1.82, 2.24) is 9.80 Å². The zero-order valence-corrected chi connectivity index (χ0v) is 22.1. The van der Waals surface area contributed by atoms with E-state index in [1.165, 1.54) is 11.1 Å². The van der Waals surface area contributed by atoms with Crippen molar-refractivity contribution < 1.29 is 9.59 Å². The third-order valence-electron chi connectivity index (χ3n) is 6.78. The summed E-state index contributed by atoms with van der Waals surface area (Å²) in [5.41, 5.74) is 7.07. The Morgan fingerprint density at radius 3 is 1.19 bits per heavy atom. The first kappa shape index (κ1) is 22.7. The highest BCUT2D eigenvalue weighted by Gasteiger charge is 2.47. The van der Waals surface area contributed by atoms with Crippen LogP contribution in [-0.2, 0) is 9.59 Å². The van der Waals surface area contributed by atoms with Crippen molar-refractivity contribution in [3.63, 3.8) is 0 Å². The number of thiophene rings is 2. The quantitative estimate of drug-likeness (QED) is 0.303. The van der Waals surface area contributed by atoms with Crippen molar-refractivity contribution in [2.75, 3.05) is 14.1 Å². The summed E-state index contributed by atoms with van der Waals surface area (Å²) in [5, 5.41) is 0. The van der Waals surface area contributed by atoms with Gasteiger partial charge in [0.05, 0.1) is 32.3 Å². The monoisotopic (exact) mass is 508 g/mol. The van der Waals surface area contributed by atoms with E-state index < -0.39 is 0 Å². The number of fused-ring (bicyclic) bond motifs is 1. The maximum Gasteiger partial charge on any atom is 0.261 e. The highest BCUT2D eigenvalue weighted by molar-refractivity contribution is 7.17. The molecule has 2 amide bonds. The smallest absolute Gasteiger partial charge is 0.261 e. The minimum absolute atomic E-state index is 0.136. The minimum Gasteiger partial charge on any atom is -0.309 e. The van der Waals surface area contributed by atoms with Crippen LogP contribution in [0.3, 0.4) is 0 Å². The number of rotatable bonds is 4. The lowest BCUT2D eigenvalue weighted by molar-refractivity contribution is -0.123. The molecular weight excluding hydrogens is 484 g/mol. The van der Waals surface area contributed by atoms with Crippen LogP contribution in [-0.4, -0.2) is 35.7 Å². The molecule has 0 saturated heterocycles. The number of nitrogens with zero attached hydrogens (tertiary/aromatic N) is 2. The minimum atomic E-state index is -0.136. The van der Waals surface area contributed by atoms with Gasteiger partial charge >= 0.3 is 0 Å². The fourth-order valence-electron chi connectivity index (χ4n) is 4.78. The number of benzene rings is 2. The van der Waals surface area contributed by atoms with Gasteiger partial charge in [0.1, 0.15) is 0 Å².